The molecule has 1 N–H and O–H groups in total. The maximum atomic E-state index is 12.7. The number of nitrogens with zero attached hydrogens (tertiary/aromatic N) is 2. The van der Waals surface area contributed by atoms with E-state index in [1.54, 1.807) is 13.0 Å². The van der Waals surface area contributed by atoms with Gasteiger partial charge in [-0.15, -0.1) is 0 Å². The molecule has 22 heavy (non-hydrogen) atoms. The molecule has 6 nitrogen and oxygen atoms in total. The van der Waals surface area contributed by atoms with Gasteiger partial charge in [0.05, 0.1) is 18.0 Å². The molecule has 1 aromatic heterocycles. The Hall–Kier alpha value is -2.02. The highest BCUT2D eigenvalue weighted by Crippen LogP contribution is 2.28. The van der Waals surface area contributed by atoms with E-state index in [9.17, 15) is 19.5 Å². The predicted molar refractivity (Wildman–Crippen MR) is 83.0 cm³/mol. The molecule has 1 aromatic carbocycles. The normalized spacial score (nSPS) is 18.9. The van der Waals surface area contributed by atoms with Crippen molar-refractivity contribution in [3.63, 3.8) is 0 Å². The Morgan fingerprint density at radius 3 is 2.73 bits per heavy atom. The first-order chi connectivity index (χ1) is 10.4. The molecule has 1 unspecified atom stereocenters. The lowest BCUT2D eigenvalue weighted by Gasteiger charge is -2.24. The molecule has 2 aromatic rings. The van der Waals surface area contributed by atoms with E-state index in [0.717, 1.165) is 0 Å². The zero-order valence-electron chi connectivity index (χ0n) is 11.8. The van der Waals surface area contributed by atoms with E-state index in [-0.39, 0.29) is 35.5 Å². The highest BCUT2D eigenvalue weighted by Gasteiger charge is 2.31. The lowest BCUT2D eigenvalue weighted by atomic mass is 9.92. The van der Waals surface area contributed by atoms with Gasteiger partial charge >= 0.3 is 0 Å². The van der Waals surface area contributed by atoms with Crippen LogP contribution < -0.4 is 5.56 Å². The molecule has 1 aliphatic carbocycles. The van der Waals surface area contributed by atoms with Crippen molar-refractivity contribution < 1.29 is 14.7 Å². The molecule has 1 aliphatic rings. The summed E-state index contributed by atoms with van der Waals surface area (Å²) >= 11 is 3.24. The van der Waals surface area contributed by atoms with E-state index in [1.165, 1.54) is 10.6 Å². The monoisotopic (exact) mass is 364 g/mol. The summed E-state index contributed by atoms with van der Waals surface area (Å²) in [5, 5.41) is 10.1. The summed E-state index contributed by atoms with van der Waals surface area (Å²) < 4.78 is 1.91. The quantitative estimate of drug-likeness (QED) is 0.782. The number of phenols is 1. The Morgan fingerprint density at radius 1 is 1.32 bits per heavy atom. The lowest BCUT2D eigenvalue weighted by Crippen LogP contribution is -2.36. The minimum Gasteiger partial charge on any atom is -0.507 e. The molecule has 0 bridgehead atoms. The zero-order valence-corrected chi connectivity index (χ0v) is 13.4. The van der Waals surface area contributed by atoms with Gasteiger partial charge in [0, 0.05) is 10.9 Å². The fourth-order valence-corrected chi connectivity index (χ4v) is 3.31. The summed E-state index contributed by atoms with van der Waals surface area (Å²) in [7, 11) is 0. The van der Waals surface area contributed by atoms with Gasteiger partial charge in [-0.1, -0.05) is 15.9 Å². The third-order valence-corrected chi connectivity index (χ3v) is 4.33. The lowest BCUT2D eigenvalue weighted by molar-refractivity contribution is -0.132. The number of hydrogen-bond acceptors (Lipinski definition) is 5. The van der Waals surface area contributed by atoms with Crippen molar-refractivity contribution in [2.75, 3.05) is 0 Å². The number of Topliss-reactive ketones (excluding diaryl/α,β-unsaturated/α-hetero) is 2. The standard InChI is InChI=1S/C15H13BrN2O4/c1-7-17-10-4-8(16)5-13(21)14(10)15(22)18(7)11-3-2-9(19)6-12(11)20/h4-5,11,21H,2-3,6H2,1H3. The van der Waals surface area contributed by atoms with E-state index in [0.29, 0.717) is 22.2 Å². The van der Waals surface area contributed by atoms with Gasteiger partial charge in [-0.2, -0.15) is 0 Å². The van der Waals surface area contributed by atoms with Gasteiger partial charge in [-0.05, 0) is 25.5 Å². The average Bonchev–Trinajstić information content (AvgIpc) is 2.39. The summed E-state index contributed by atoms with van der Waals surface area (Å²) in [5.41, 5.74) is -0.0924. The fourth-order valence-electron chi connectivity index (χ4n) is 2.88. The molecule has 7 heteroatoms. The van der Waals surface area contributed by atoms with Crippen LogP contribution in [0, 0.1) is 6.92 Å². The minimum absolute atomic E-state index is 0.0819. The summed E-state index contributed by atoms with van der Waals surface area (Å²) in [4.78, 5) is 40.5. The molecule has 1 heterocycles. The van der Waals surface area contributed by atoms with E-state index < -0.39 is 11.6 Å². The molecule has 0 aliphatic heterocycles. The van der Waals surface area contributed by atoms with Crippen molar-refractivity contribution in [3.05, 3.63) is 32.8 Å². The number of fused-ring (bicyclic) bond motifs is 1. The Labute approximate surface area is 133 Å². The van der Waals surface area contributed by atoms with Crippen molar-refractivity contribution in [2.45, 2.75) is 32.2 Å². The van der Waals surface area contributed by atoms with Crippen molar-refractivity contribution in [2.24, 2.45) is 0 Å². The van der Waals surface area contributed by atoms with Crippen LogP contribution in [0.3, 0.4) is 0 Å². The van der Waals surface area contributed by atoms with Crippen molar-refractivity contribution in [1.29, 1.82) is 0 Å². The molecule has 1 atom stereocenters. The van der Waals surface area contributed by atoms with Gasteiger partial charge in [0.1, 0.15) is 22.7 Å². The molecule has 3 rings (SSSR count). The fraction of sp³-hybridized carbons (Fsp3) is 0.333. The zero-order chi connectivity index (χ0) is 16.0. The number of carbonyl (C=O) groups is 2. The van der Waals surface area contributed by atoms with E-state index in [1.807, 2.05) is 0 Å². The molecule has 0 amide bonds. The van der Waals surface area contributed by atoms with Crippen molar-refractivity contribution in [3.8, 4) is 5.75 Å². The second kappa shape index (κ2) is 5.31. The Bertz CT molecular complexity index is 872. The second-order valence-electron chi connectivity index (χ2n) is 5.39. The summed E-state index contributed by atoms with van der Waals surface area (Å²) in [6.07, 6.45) is 0.413. The van der Waals surface area contributed by atoms with Crippen LogP contribution in [0.2, 0.25) is 0 Å². The number of halogens is 1. The number of hydrogen-bond donors (Lipinski definition) is 1. The first kappa shape index (κ1) is 14.9. The smallest absolute Gasteiger partial charge is 0.265 e. The number of aryl methyl sites for hydroxylation is 1. The molecular weight excluding hydrogens is 352 g/mol. The third-order valence-electron chi connectivity index (χ3n) is 3.88. The molecule has 0 spiro atoms. The van der Waals surface area contributed by atoms with E-state index in [4.69, 9.17) is 0 Å². The highest BCUT2D eigenvalue weighted by atomic mass is 79.9. The first-order valence-corrected chi connectivity index (χ1v) is 7.63. The second-order valence-corrected chi connectivity index (χ2v) is 6.31. The molecule has 114 valence electrons. The third kappa shape index (κ3) is 2.35. The van der Waals surface area contributed by atoms with Gasteiger partial charge in [0.25, 0.3) is 5.56 Å². The largest absolute Gasteiger partial charge is 0.507 e. The summed E-state index contributed by atoms with van der Waals surface area (Å²) in [6.45, 7) is 1.64. The van der Waals surface area contributed by atoms with Crippen LogP contribution in [0.25, 0.3) is 10.9 Å². The summed E-state index contributed by atoms with van der Waals surface area (Å²) in [6, 6.07) is 2.36. The van der Waals surface area contributed by atoms with Crippen LogP contribution in [0.1, 0.15) is 31.1 Å². The maximum Gasteiger partial charge on any atom is 0.265 e. The number of rotatable bonds is 1. The molecule has 0 saturated heterocycles. The van der Waals surface area contributed by atoms with Gasteiger partial charge in [-0.3, -0.25) is 19.0 Å². The molecule has 1 saturated carbocycles. The number of aromatic nitrogens is 2. The number of benzene rings is 1. The van der Waals surface area contributed by atoms with Crippen molar-refractivity contribution >= 4 is 38.4 Å². The number of phenolic OH excluding ortho intramolecular Hbond substituents is 1. The predicted octanol–water partition coefficient (Wildman–Crippen LogP) is 2.04. The van der Waals surface area contributed by atoms with Crippen LogP contribution in [0.15, 0.2) is 21.4 Å². The summed E-state index contributed by atoms with van der Waals surface area (Å²) in [5.74, 6) is -0.177. The molecular formula is C15H13BrN2O4. The van der Waals surface area contributed by atoms with Crippen LogP contribution in [0.4, 0.5) is 0 Å². The van der Waals surface area contributed by atoms with Crippen LogP contribution in [0.5, 0.6) is 5.75 Å². The SMILES string of the molecule is Cc1nc2cc(Br)cc(O)c2c(=O)n1C1CCC(=O)CC1=O. The van der Waals surface area contributed by atoms with Gasteiger partial charge in [0.15, 0.2) is 5.78 Å². The van der Waals surface area contributed by atoms with E-state index >= 15 is 0 Å². The molecule has 1 fully saturated rings. The van der Waals surface area contributed by atoms with E-state index in [2.05, 4.69) is 20.9 Å². The van der Waals surface area contributed by atoms with Crippen LogP contribution in [-0.2, 0) is 9.59 Å². The molecule has 0 radical (unpaired) electrons. The topological polar surface area (TPSA) is 89.3 Å². The number of aromatic hydroxyl groups is 1. The Balaban J connectivity index is 2.25. The minimum atomic E-state index is -0.690. The maximum absolute atomic E-state index is 12.7. The van der Waals surface area contributed by atoms with Crippen LogP contribution >= 0.6 is 15.9 Å². The Kier molecular flexibility index (Phi) is 3.60. The Morgan fingerprint density at radius 2 is 2.05 bits per heavy atom. The van der Waals surface area contributed by atoms with Gasteiger partial charge in [0.2, 0.25) is 0 Å². The number of ketones is 2. The van der Waals surface area contributed by atoms with Gasteiger partial charge < -0.3 is 5.11 Å². The van der Waals surface area contributed by atoms with Crippen LogP contribution in [-0.4, -0.2) is 26.2 Å². The van der Waals surface area contributed by atoms with Gasteiger partial charge in [-0.25, -0.2) is 4.98 Å². The van der Waals surface area contributed by atoms with Crippen molar-refractivity contribution in [1.82, 2.24) is 9.55 Å². The highest BCUT2D eigenvalue weighted by molar-refractivity contribution is 9.10. The average molecular weight is 365 g/mol. The number of carbonyl (C=O) groups excluding carboxylic acids is 2. The first-order valence-electron chi connectivity index (χ1n) is 6.84.